The predicted molar refractivity (Wildman–Crippen MR) is 82.0 cm³/mol. The molecule has 2 atom stereocenters. The van der Waals surface area contributed by atoms with Crippen molar-refractivity contribution >= 4 is 11.0 Å². The van der Waals surface area contributed by atoms with Crippen LogP contribution in [0.5, 0.6) is 0 Å². The molecule has 0 spiro atoms. The number of hydrogen-bond acceptors (Lipinski definition) is 2. The summed E-state index contributed by atoms with van der Waals surface area (Å²) in [6.45, 7) is 8.45. The lowest BCUT2D eigenvalue weighted by atomic mass is 9.51. The molecule has 3 nitrogen and oxygen atoms in total. The molecule has 0 unspecified atom stereocenters. The van der Waals surface area contributed by atoms with Crippen LogP contribution >= 0.6 is 0 Å². The largest absolute Gasteiger partial charge is 0.334 e. The highest BCUT2D eigenvalue weighted by Gasteiger charge is 2.53. The molecule has 1 aliphatic carbocycles. The number of nitrogens with zero attached hydrogens (tertiary/aromatic N) is 2. The average molecular weight is 269 g/mol. The number of fused-ring (bicyclic) bond motifs is 5. The first-order valence-corrected chi connectivity index (χ1v) is 7.61. The predicted octanol–water partition coefficient (Wildman–Crippen LogP) is 2.78. The molecule has 1 saturated heterocycles. The lowest BCUT2D eigenvalue weighted by Gasteiger charge is -2.57. The molecule has 4 rings (SSSR count). The van der Waals surface area contributed by atoms with Gasteiger partial charge in [-0.05, 0) is 48.1 Å². The van der Waals surface area contributed by atoms with Gasteiger partial charge in [0.15, 0.2) is 0 Å². The molecule has 1 aromatic heterocycles. The molecule has 0 radical (unpaired) electrons. The minimum absolute atomic E-state index is 0.259. The summed E-state index contributed by atoms with van der Waals surface area (Å²) in [5, 5.41) is 3.73. The number of aryl methyl sites for hydroxylation is 1. The zero-order valence-electron chi connectivity index (χ0n) is 12.8. The van der Waals surface area contributed by atoms with Crippen LogP contribution in [0.25, 0.3) is 11.0 Å². The topological polar surface area (TPSA) is 29.9 Å². The van der Waals surface area contributed by atoms with E-state index in [0.29, 0.717) is 11.5 Å². The molecule has 1 aromatic carbocycles. The molecule has 1 fully saturated rings. The van der Waals surface area contributed by atoms with Gasteiger partial charge < -0.3 is 9.88 Å². The molecule has 2 aliphatic rings. The maximum Gasteiger partial charge on any atom is 0.0955 e. The smallest absolute Gasteiger partial charge is 0.0955 e. The standard InChI is InChI=1S/C17H23N3/c1-16(2)15-8-11-7-13-14(20(4)10-19-13)9-12(11)17(16,3)5-6-18-15/h7,9-10,15,18H,5-6,8H2,1-4H3/t15-,17-/m0/s1. The van der Waals surface area contributed by atoms with Crippen molar-refractivity contribution in [1.29, 1.82) is 0 Å². The van der Waals surface area contributed by atoms with Crippen LogP contribution in [0.3, 0.4) is 0 Å². The molecular weight excluding hydrogens is 246 g/mol. The lowest BCUT2D eigenvalue weighted by molar-refractivity contribution is 0.0561. The highest BCUT2D eigenvalue weighted by Crippen LogP contribution is 2.54. The van der Waals surface area contributed by atoms with Crippen molar-refractivity contribution in [3.05, 3.63) is 29.6 Å². The second-order valence-corrected chi connectivity index (χ2v) is 7.37. The minimum Gasteiger partial charge on any atom is -0.334 e. The van der Waals surface area contributed by atoms with Crippen LogP contribution < -0.4 is 5.32 Å². The van der Waals surface area contributed by atoms with Crippen LogP contribution in [-0.2, 0) is 18.9 Å². The molecule has 106 valence electrons. The third-order valence-electron chi connectivity index (χ3n) is 6.28. The fourth-order valence-electron chi connectivity index (χ4n) is 4.39. The molecule has 2 bridgehead atoms. The van der Waals surface area contributed by atoms with Crippen LogP contribution in [0.4, 0.5) is 0 Å². The van der Waals surface area contributed by atoms with Crippen molar-refractivity contribution in [1.82, 2.24) is 14.9 Å². The molecule has 2 heterocycles. The molecule has 0 saturated carbocycles. The summed E-state index contributed by atoms with van der Waals surface area (Å²) >= 11 is 0. The van der Waals surface area contributed by atoms with Crippen LogP contribution in [0.2, 0.25) is 0 Å². The zero-order chi connectivity index (χ0) is 14.1. The molecule has 1 N–H and O–H groups in total. The van der Waals surface area contributed by atoms with E-state index in [1.807, 2.05) is 6.33 Å². The van der Waals surface area contributed by atoms with Gasteiger partial charge in [-0.3, -0.25) is 0 Å². The normalized spacial score (nSPS) is 31.3. The van der Waals surface area contributed by atoms with Gasteiger partial charge in [0, 0.05) is 18.5 Å². The second-order valence-electron chi connectivity index (χ2n) is 7.37. The van der Waals surface area contributed by atoms with Gasteiger partial charge in [0.1, 0.15) is 0 Å². The molecule has 2 aromatic rings. The summed E-state index contributed by atoms with van der Waals surface area (Å²) in [6, 6.07) is 5.30. The van der Waals surface area contributed by atoms with Gasteiger partial charge >= 0.3 is 0 Å². The Morgan fingerprint density at radius 3 is 2.90 bits per heavy atom. The van der Waals surface area contributed by atoms with Crippen LogP contribution in [-0.4, -0.2) is 22.1 Å². The first-order chi connectivity index (χ1) is 9.43. The molecule has 3 heteroatoms. The highest BCUT2D eigenvalue weighted by atomic mass is 15.0. The number of nitrogens with one attached hydrogen (secondary N) is 1. The summed E-state index contributed by atoms with van der Waals surface area (Å²) in [5.41, 5.74) is 6.00. The monoisotopic (exact) mass is 269 g/mol. The van der Waals surface area contributed by atoms with Crippen molar-refractivity contribution in [3.8, 4) is 0 Å². The van der Waals surface area contributed by atoms with Crippen LogP contribution in [0.1, 0.15) is 38.3 Å². The molecule has 20 heavy (non-hydrogen) atoms. The van der Waals surface area contributed by atoms with Crippen molar-refractivity contribution < 1.29 is 0 Å². The number of imidazole rings is 1. The van der Waals surface area contributed by atoms with Gasteiger partial charge in [-0.2, -0.15) is 0 Å². The lowest BCUT2D eigenvalue weighted by Crippen LogP contribution is -2.62. The Kier molecular flexibility index (Phi) is 2.26. The van der Waals surface area contributed by atoms with Crippen molar-refractivity contribution in [2.75, 3.05) is 6.54 Å². The summed E-state index contributed by atoms with van der Waals surface area (Å²) < 4.78 is 2.14. The quantitative estimate of drug-likeness (QED) is 0.797. The average Bonchev–Trinajstić information content (AvgIpc) is 2.73. The fraction of sp³-hybridized carbons (Fsp3) is 0.588. The number of piperidine rings is 1. The van der Waals surface area contributed by atoms with Gasteiger partial charge in [0.2, 0.25) is 0 Å². The number of aromatic nitrogens is 2. The van der Waals surface area contributed by atoms with E-state index in [-0.39, 0.29) is 5.41 Å². The van der Waals surface area contributed by atoms with E-state index in [2.05, 4.69) is 54.8 Å². The summed E-state index contributed by atoms with van der Waals surface area (Å²) in [6.07, 6.45) is 4.27. The molecule has 0 amide bonds. The van der Waals surface area contributed by atoms with Crippen molar-refractivity contribution in [2.45, 2.75) is 45.1 Å². The first kappa shape index (κ1) is 12.4. The van der Waals surface area contributed by atoms with Gasteiger partial charge in [-0.25, -0.2) is 4.98 Å². The summed E-state index contributed by atoms with van der Waals surface area (Å²) in [4.78, 5) is 4.52. The van der Waals surface area contributed by atoms with E-state index in [9.17, 15) is 0 Å². The van der Waals surface area contributed by atoms with Gasteiger partial charge in [-0.1, -0.05) is 20.8 Å². The van der Waals surface area contributed by atoms with E-state index in [1.165, 1.54) is 17.5 Å². The van der Waals surface area contributed by atoms with E-state index in [4.69, 9.17) is 0 Å². The van der Waals surface area contributed by atoms with Gasteiger partial charge in [0.25, 0.3) is 0 Å². The Hall–Kier alpha value is -1.35. The second kappa shape index (κ2) is 3.64. The Morgan fingerprint density at radius 1 is 1.30 bits per heavy atom. The summed E-state index contributed by atoms with van der Waals surface area (Å²) in [5.74, 6) is 0. The maximum absolute atomic E-state index is 4.52. The molecule has 1 aliphatic heterocycles. The van der Waals surface area contributed by atoms with Crippen LogP contribution in [0.15, 0.2) is 18.5 Å². The Morgan fingerprint density at radius 2 is 2.10 bits per heavy atom. The number of benzene rings is 1. The fourth-order valence-corrected chi connectivity index (χ4v) is 4.39. The highest BCUT2D eigenvalue weighted by molar-refractivity contribution is 5.78. The summed E-state index contributed by atoms with van der Waals surface area (Å²) in [7, 11) is 2.09. The van der Waals surface area contributed by atoms with Gasteiger partial charge in [0.05, 0.1) is 17.4 Å². The Labute approximate surface area is 120 Å². The number of rotatable bonds is 0. The SMILES string of the molecule is Cn1cnc2cc3c(cc21)[C@]1(C)CCN[C@@H](C3)C1(C)C. The molecular formula is C17H23N3. The number of hydrogen-bond donors (Lipinski definition) is 1. The van der Waals surface area contributed by atoms with E-state index in [0.717, 1.165) is 18.5 Å². The zero-order valence-corrected chi connectivity index (χ0v) is 12.8. The van der Waals surface area contributed by atoms with Crippen molar-refractivity contribution in [3.63, 3.8) is 0 Å². The third-order valence-corrected chi connectivity index (χ3v) is 6.28. The van der Waals surface area contributed by atoms with E-state index >= 15 is 0 Å². The van der Waals surface area contributed by atoms with Gasteiger partial charge in [-0.15, -0.1) is 0 Å². The Balaban J connectivity index is 2.03. The van der Waals surface area contributed by atoms with E-state index < -0.39 is 0 Å². The first-order valence-electron chi connectivity index (χ1n) is 7.61. The Bertz CT molecular complexity index is 698. The third kappa shape index (κ3) is 1.32. The maximum atomic E-state index is 4.52. The van der Waals surface area contributed by atoms with E-state index in [1.54, 1.807) is 5.56 Å². The minimum atomic E-state index is 0.259. The van der Waals surface area contributed by atoms with Crippen molar-refractivity contribution in [2.24, 2.45) is 12.5 Å². The van der Waals surface area contributed by atoms with Crippen LogP contribution in [0, 0.1) is 5.41 Å².